The molecule has 5 aromatic heterocycles. The first-order valence-electron chi connectivity index (χ1n) is 12.9. The second kappa shape index (κ2) is 11.3. The van der Waals surface area contributed by atoms with Crippen molar-refractivity contribution in [1.29, 1.82) is 0 Å². The molecule has 0 atom stereocenters. The number of halogens is 1. The predicted molar refractivity (Wildman–Crippen MR) is 148 cm³/mol. The van der Waals surface area contributed by atoms with E-state index in [0.29, 0.717) is 50.4 Å². The first-order valence-corrected chi connectivity index (χ1v) is 13.3. The van der Waals surface area contributed by atoms with E-state index in [-0.39, 0.29) is 5.82 Å². The molecule has 0 unspecified atom stereocenters. The largest absolute Gasteiger partial charge is 0.439 e. The average Bonchev–Trinajstić information content (AvgIpc) is 3.55. The Morgan fingerprint density at radius 3 is 2.47 bits per heavy atom. The molecule has 5 aromatic rings. The molecule has 10 heteroatoms. The molecular weight excluding hydrogens is 502 g/mol. The van der Waals surface area contributed by atoms with Gasteiger partial charge in [0.1, 0.15) is 22.6 Å². The van der Waals surface area contributed by atoms with Gasteiger partial charge >= 0.3 is 5.76 Å². The zero-order valence-electron chi connectivity index (χ0n) is 21.7. The van der Waals surface area contributed by atoms with Crippen LogP contribution in [-0.2, 0) is 0 Å². The van der Waals surface area contributed by atoms with E-state index in [1.165, 1.54) is 32.1 Å². The Morgan fingerprint density at radius 1 is 1.00 bits per heavy atom. The minimum Gasteiger partial charge on any atom is -0.337 e. The summed E-state index contributed by atoms with van der Waals surface area (Å²) < 4.78 is 4.64. The molecule has 1 fully saturated rings. The summed E-state index contributed by atoms with van der Waals surface area (Å²) in [6.07, 6.45) is 12.4. The van der Waals surface area contributed by atoms with Crippen LogP contribution in [0.15, 0.2) is 52.2 Å². The minimum atomic E-state index is -0.664. The fourth-order valence-electron chi connectivity index (χ4n) is 4.58. The van der Waals surface area contributed by atoms with Gasteiger partial charge in [-0.2, -0.15) is 0 Å². The fraction of sp³-hybridized carbons (Fsp3) is 0.357. The fourth-order valence-corrected chi connectivity index (χ4v) is 4.76. The standard InChI is InChI=1S/C21H16ClN7O2.C7H14/c1-10(2)11-3-4-24-15(6-11)19-26-14-7-16(20-28-21(30)31-29-20)25-17(18(14)27-19)12-5-13(22)9-23-8-12;1-7-5-3-2-4-6-7/h3-10H,1-2H3,(H,26,27)(H,28,29,30);7H,2-6H2,1H3. The zero-order chi connectivity index (χ0) is 26.6. The molecule has 6 rings (SSSR count). The summed E-state index contributed by atoms with van der Waals surface area (Å²) >= 11 is 6.15. The number of hydrogen-bond acceptors (Lipinski definition) is 7. The summed E-state index contributed by atoms with van der Waals surface area (Å²) in [4.78, 5) is 35.3. The number of imidazole rings is 1. The Bertz CT molecular complexity index is 1600. The van der Waals surface area contributed by atoms with Gasteiger partial charge in [0.05, 0.1) is 10.5 Å². The summed E-state index contributed by atoms with van der Waals surface area (Å²) in [5, 5.41) is 4.21. The second-order valence-electron chi connectivity index (χ2n) is 10.0. The topological polar surface area (TPSA) is 126 Å². The smallest absolute Gasteiger partial charge is 0.337 e. The van der Waals surface area contributed by atoms with E-state index < -0.39 is 5.76 Å². The van der Waals surface area contributed by atoms with Crippen molar-refractivity contribution in [3.8, 4) is 34.3 Å². The molecular formula is C28H30ClN7O2. The summed E-state index contributed by atoms with van der Waals surface area (Å²) in [6.45, 7) is 6.60. The molecule has 0 aromatic carbocycles. The Kier molecular flexibility index (Phi) is 7.64. The highest BCUT2D eigenvalue weighted by atomic mass is 35.5. The Balaban J connectivity index is 0.000000366. The van der Waals surface area contributed by atoms with Gasteiger partial charge in [0, 0.05) is 24.2 Å². The van der Waals surface area contributed by atoms with Gasteiger partial charge in [-0.25, -0.2) is 14.8 Å². The lowest BCUT2D eigenvalue weighted by molar-refractivity contribution is 0.385. The number of pyridine rings is 3. The lowest BCUT2D eigenvalue weighted by Crippen LogP contribution is -1.99. The van der Waals surface area contributed by atoms with Crippen LogP contribution < -0.4 is 5.76 Å². The van der Waals surface area contributed by atoms with Crippen molar-refractivity contribution in [2.24, 2.45) is 5.92 Å². The number of hydrogen-bond donors (Lipinski definition) is 2. The first kappa shape index (κ1) is 25.8. The van der Waals surface area contributed by atoms with Crippen molar-refractivity contribution in [3.63, 3.8) is 0 Å². The van der Waals surface area contributed by atoms with Gasteiger partial charge in [0.15, 0.2) is 5.82 Å². The number of aromatic amines is 2. The lowest BCUT2D eigenvalue weighted by Gasteiger charge is -2.15. The molecule has 1 aliphatic rings. The van der Waals surface area contributed by atoms with Gasteiger partial charge in [-0.3, -0.25) is 19.5 Å². The van der Waals surface area contributed by atoms with Crippen LogP contribution in [0.25, 0.3) is 45.3 Å². The van der Waals surface area contributed by atoms with Gasteiger partial charge in [-0.1, -0.05) is 69.6 Å². The average molecular weight is 532 g/mol. The summed E-state index contributed by atoms with van der Waals surface area (Å²) in [5.41, 5.74) is 4.80. The highest BCUT2D eigenvalue weighted by Crippen LogP contribution is 2.32. The molecule has 1 aliphatic carbocycles. The summed E-state index contributed by atoms with van der Waals surface area (Å²) in [6, 6.07) is 7.48. The zero-order valence-corrected chi connectivity index (χ0v) is 22.4. The lowest BCUT2D eigenvalue weighted by atomic mass is 9.91. The SMILES string of the molecule is CC(C)c1ccnc(-c2nc3c(-c4cncc(Cl)c4)nc(-c4noc(=O)[nH]4)cc3[nH]2)c1.CC1CCCCC1. The van der Waals surface area contributed by atoms with Crippen molar-refractivity contribution in [1.82, 2.24) is 35.1 Å². The second-order valence-corrected chi connectivity index (χ2v) is 10.5. The van der Waals surface area contributed by atoms with Crippen molar-refractivity contribution >= 4 is 22.6 Å². The quantitative estimate of drug-likeness (QED) is 0.261. The van der Waals surface area contributed by atoms with E-state index in [0.717, 1.165) is 11.5 Å². The highest BCUT2D eigenvalue weighted by Gasteiger charge is 2.18. The maximum Gasteiger partial charge on any atom is 0.439 e. The normalized spacial score (nSPS) is 14.0. The Morgan fingerprint density at radius 2 is 1.82 bits per heavy atom. The van der Waals surface area contributed by atoms with Crippen LogP contribution in [-0.4, -0.2) is 35.1 Å². The predicted octanol–water partition coefficient (Wildman–Crippen LogP) is 6.79. The molecule has 0 saturated heterocycles. The van der Waals surface area contributed by atoms with Crippen LogP contribution >= 0.6 is 11.6 Å². The molecule has 0 spiro atoms. The van der Waals surface area contributed by atoms with Crippen molar-refractivity contribution < 1.29 is 4.52 Å². The summed E-state index contributed by atoms with van der Waals surface area (Å²) in [5.74, 6) is 1.54. The van der Waals surface area contributed by atoms with E-state index in [4.69, 9.17) is 16.6 Å². The molecule has 0 aliphatic heterocycles. The maximum atomic E-state index is 11.4. The minimum absolute atomic E-state index is 0.208. The van der Waals surface area contributed by atoms with Crippen molar-refractivity contribution in [3.05, 3.63) is 64.0 Å². The van der Waals surface area contributed by atoms with E-state index >= 15 is 0 Å². The number of rotatable bonds is 4. The van der Waals surface area contributed by atoms with Crippen LogP contribution in [0.3, 0.4) is 0 Å². The third-order valence-corrected chi connectivity index (χ3v) is 6.92. The van der Waals surface area contributed by atoms with Gasteiger partial charge in [-0.15, -0.1) is 0 Å². The van der Waals surface area contributed by atoms with Crippen molar-refractivity contribution in [2.75, 3.05) is 0 Å². The Hall–Kier alpha value is -3.85. The van der Waals surface area contributed by atoms with Gasteiger partial charge in [0.2, 0.25) is 5.82 Å². The molecule has 38 heavy (non-hydrogen) atoms. The maximum absolute atomic E-state index is 11.4. The van der Waals surface area contributed by atoms with E-state index in [1.807, 2.05) is 12.1 Å². The number of H-pyrrole nitrogens is 2. The third kappa shape index (κ3) is 5.83. The molecule has 0 bridgehead atoms. The van der Waals surface area contributed by atoms with Crippen molar-refractivity contribution in [2.45, 2.75) is 58.8 Å². The van der Waals surface area contributed by atoms with Gasteiger partial charge in [0.25, 0.3) is 0 Å². The van der Waals surface area contributed by atoms with E-state index in [9.17, 15) is 4.79 Å². The van der Waals surface area contributed by atoms with E-state index in [2.05, 4.69) is 55.4 Å². The van der Waals surface area contributed by atoms with Crippen LogP contribution in [0, 0.1) is 5.92 Å². The number of fused-ring (bicyclic) bond motifs is 1. The third-order valence-electron chi connectivity index (χ3n) is 6.72. The molecule has 0 radical (unpaired) electrons. The van der Waals surface area contributed by atoms with Crippen LogP contribution in [0.2, 0.25) is 5.02 Å². The molecule has 9 nitrogen and oxygen atoms in total. The Labute approximate surface area is 225 Å². The molecule has 196 valence electrons. The first-order chi connectivity index (χ1) is 18.4. The summed E-state index contributed by atoms with van der Waals surface area (Å²) in [7, 11) is 0. The molecule has 1 saturated carbocycles. The molecule has 0 amide bonds. The highest BCUT2D eigenvalue weighted by molar-refractivity contribution is 6.30. The van der Waals surface area contributed by atoms with Gasteiger partial charge in [-0.05, 0) is 41.7 Å². The van der Waals surface area contributed by atoms with E-state index in [1.54, 1.807) is 30.7 Å². The van der Waals surface area contributed by atoms with Gasteiger partial charge < -0.3 is 4.98 Å². The van der Waals surface area contributed by atoms with Crippen LogP contribution in [0.5, 0.6) is 0 Å². The number of aromatic nitrogens is 7. The monoisotopic (exact) mass is 531 g/mol. The van der Waals surface area contributed by atoms with Crippen LogP contribution in [0.1, 0.15) is 64.4 Å². The number of nitrogens with one attached hydrogen (secondary N) is 2. The number of nitrogens with zero attached hydrogens (tertiary/aromatic N) is 5. The molecule has 2 N–H and O–H groups in total. The molecule has 5 heterocycles. The van der Waals surface area contributed by atoms with Crippen LogP contribution in [0.4, 0.5) is 0 Å².